The Hall–Kier alpha value is -0.101. The number of phenols is 1. The minimum atomic E-state index is -5.24. The van der Waals surface area contributed by atoms with Crippen LogP contribution in [0, 0.1) is 0 Å². The quantitative estimate of drug-likeness (QED) is 0.552. The Morgan fingerprint density at radius 2 is 2.00 bits per heavy atom. The Morgan fingerprint density at radius 3 is 2.36 bits per heavy atom. The molecule has 0 fully saturated rings. The van der Waals surface area contributed by atoms with Gasteiger partial charge in [0.05, 0.1) is 0 Å². The molecule has 0 heterocycles. The third-order valence-corrected chi connectivity index (χ3v) is 3.18. The van der Waals surface area contributed by atoms with Crippen LogP contribution < -0.4 is 42.9 Å². The molecule has 1 rings (SSSR count). The Labute approximate surface area is 105 Å². The molecule has 1 N–H and O–H groups in total. The summed E-state index contributed by atoms with van der Waals surface area (Å²) in [6, 6.07) is 3.21. The standard InChI is InChI=1S/C7H8O5Se.Na/c1-12-7-3-2-5(4-6(7)8)13(9,10)11;/h2-4,8H,1H3,(H,9,10,11);/q;+1/p-1. The van der Waals surface area contributed by atoms with Crippen LogP contribution in [0.5, 0.6) is 11.5 Å². The molecule has 0 radical (unpaired) electrons. The maximum absolute atomic E-state index is 10.6. The Balaban J connectivity index is 0.00000169. The van der Waals surface area contributed by atoms with Crippen molar-refractivity contribution in [2.45, 2.75) is 0 Å². The van der Waals surface area contributed by atoms with Crippen molar-refractivity contribution in [3.8, 4) is 11.5 Å². The second-order valence-corrected chi connectivity index (χ2v) is 5.18. The Kier molecular flexibility index (Phi) is 5.08. The summed E-state index contributed by atoms with van der Waals surface area (Å²) in [5, 5.41) is 9.14. The van der Waals surface area contributed by atoms with Crippen LogP contribution in [-0.4, -0.2) is 25.3 Å². The second-order valence-electron chi connectivity index (χ2n) is 2.29. The average molecular weight is 273 g/mol. The van der Waals surface area contributed by atoms with Gasteiger partial charge in [0.15, 0.2) is 0 Å². The SMILES string of the molecule is COc1ccc([Se](=O)(=O)[O-])cc1O.[Na+]. The van der Waals surface area contributed by atoms with Gasteiger partial charge in [0.25, 0.3) is 0 Å². The second kappa shape index (κ2) is 5.11. The molecule has 0 aliphatic rings. The smallest absolute Gasteiger partial charge is 1.00 e. The molecule has 1 aromatic rings. The first-order chi connectivity index (χ1) is 5.95. The maximum Gasteiger partial charge on any atom is 1.00 e. The van der Waals surface area contributed by atoms with Crippen molar-refractivity contribution in [1.82, 2.24) is 0 Å². The third-order valence-electron chi connectivity index (χ3n) is 1.44. The molecule has 0 bridgehead atoms. The van der Waals surface area contributed by atoms with Crippen LogP contribution in [0.3, 0.4) is 0 Å². The van der Waals surface area contributed by atoms with Crippen molar-refractivity contribution >= 4 is 17.5 Å². The van der Waals surface area contributed by atoms with Gasteiger partial charge in [-0.25, -0.2) is 0 Å². The first-order valence-corrected chi connectivity index (χ1v) is 6.23. The van der Waals surface area contributed by atoms with E-state index in [0.717, 1.165) is 12.1 Å². The summed E-state index contributed by atoms with van der Waals surface area (Å²) in [5.74, 6) is -0.228. The minimum absolute atomic E-state index is 0. The molecule has 0 aliphatic heterocycles. The fourth-order valence-corrected chi connectivity index (χ4v) is 1.85. The summed E-state index contributed by atoms with van der Waals surface area (Å²) in [6.07, 6.45) is 0. The topological polar surface area (TPSA) is 86.7 Å². The molecule has 5 nitrogen and oxygen atoms in total. The molecule has 0 amide bonds. The van der Waals surface area contributed by atoms with Gasteiger partial charge in [-0.05, 0) is 0 Å². The maximum atomic E-state index is 10.6. The number of aromatic hydroxyl groups is 1. The molecule has 1 aromatic carbocycles. The van der Waals surface area contributed by atoms with Gasteiger partial charge >= 0.3 is 106 Å². The van der Waals surface area contributed by atoms with Gasteiger partial charge in [-0.1, -0.05) is 0 Å². The summed E-state index contributed by atoms with van der Waals surface area (Å²) in [7, 11) is 1.33. The van der Waals surface area contributed by atoms with E-state index in [1.54, 1.807) is 0 Å². The van der Waals surface area contributed by atoms with E-state index >= 15 is 0 Å². The van der Waals surface area contributed by atoms with E-state index < -0.39 is 17.5 Å². The molecule has 0 aromatic heterocycles. The summed E-state index contributed by atoms with van der Waals surface area (Å²) >= 11 is -5.24. The van der Waals surface area contributed by atoms with Crippen molar-refractivity contribution in [2.24, 2.45) is 0 Å². The number of phenolic OH excluding ortho intramolecular Hbond substituents is 1. The number of hydrogen-bond acceptors (Lipinski definition) is 5. The molecule has 0 saturated carbocycles. The van der Waals surface area contributed by atoms with E-state index in [9.17, 15) is 11.9 Å². The van der Waals surface area contributed by atoms with Gasteiger partial charge in [0.1, 0.15) is 0 Å². The number of rotatable bonds is 2. The zero-order valence-electron chi connectivity index (χ0n) is 7.72. The third kappa shape index (κ3) is 3.24. The van der Waals surface area contributed by atoms with Gasteiger partial charge in [-0.3, -0.25) is 0 Å². The summed E-state index contributed by atoms with van der Waals surface area (Å²) in [6.45, 7) is 0. The van der Waals surface area contributed by atoms with Crippen LogP contribution >= 0.6 is 0 Å². The van der Waals surface area contributed by atoms with Crippen LogP contribution in [0.25, 0.3) is 0 Å². The van der Waals surface area contributed by atoms with Gasteiger partial charge < -0.3 is 0 Å². The first-order valence-electron chi connectivity index (χ1n) is 3.28. The van der Waals surface area contributed by atoms with E-state index in [2.05, 4.69) is 4.74 Å². The normalized spacial score (nSPS) is 10.4. The molecule has 0 unspecified atom stereocenters. The molecule has 14 heavy (non-hydrogen) atoms. The molecular formula is C7H7NaO5Se. The first kappa shape index (κ1) is 13.9. The van der Waals surface area contributed by atoms with E-state index in [0.29, 0.717) is 0 Å². The summed E-state index contributed by atoms with van der Waals surface area (Å²) in [4.78, 5) is 0. The van der Waals surface area contributed by atoms with Crippen LogP contribution in [0.2, 0.25) is 0 Å². The van der Waals surface area contributed by atoms with E-state index in [1.807, 2.05) is 0 Å². The summed E-state index contributed by atoms with van der Waals surface area (Å²) < 4.78 is 35.9. The molecule has 0 aliphatic carbocycles. The van der Waals surface area contributed by atoms with Crippen molar-refractivity contribution in [3.63, 3.8) is 0 Å². The largest absolute Gasteiger partial charge is 1.00 e. The number of ether oxygens (including phenoxy) is 1. The van der Waals surface area contributed by atoms with Crippen LogP contribution in [0.4, 0.5) is 0 Å². The van der Waals surface area contributed by atoms with Crippen molar-refractivity contribution < 1.29 is 51.3 Å². The van der Waals surface area contributed by atoms with Gasteiger partial charge in [-0.2, -0.15) is 0 Å². The van der Waals surface area contributed by atoms with Crippen molar-refractivity contribution in [1.29, 1.82) is 0 Å². The number of hydrogen-bond donors (Lipinski definition) is 1. The molecule has 7 heteroatoms. The monoisotopic (exact) mass is 274 g/mol. The summed E-state index contributed by atoms with van der Waals surface area (Å²) in [5.41, 5.74) is 0. The number of methoxy groups -OCH3 is 1. The molecule has 0 atom stereocenters. The van der Waals surface area contributed by atoms with E-state index in [1.165, 1.54) is 13.2 Å². The van der Waals surface area contributed by atoms with Crippen LogP contribution in [-0.2, 0) is 7.67 Å². The molecule has 0 saturated heterocycles. The van der Waals surface area contributed by atoms with Gasteiger partial charge in [0.2, 0.25) is 0 Å². The molecule has 72 valence electrons. The van der Waals surface area contributed by atoms with Crippen LogP contribution in [0.1, 0.15) is 0 Å². The van der Waals surface area contributed by atoms with E-state index in [-0.39, 0.29) is 41.1 Å². The predicted molar refractivity (Wildman–Crippen MR) is 41.4 cm³/mol. The Morgan fingerprint density at radius 1 is 1.43 bits per heavy atom. The molecule has 0 spiro atoms. The van der Waals surface area contributed by atoms with Gasteiger partial charge in [-0.15, -0.1) is 0 Å². The minimum Gasteiger partial charge on any atom is 1.00 e. The Bertz CT molecular complexity index is 414. The van der Waals surface area contributed by atoms with Crippen molar-refractivity contribution in [2.75, 3.05) is 7.11 Å². The zero-order chi connectivity index (χ0) is 10.1. The van der Waals surface area contributed by atoms with Crippen LogP contribution in [0.15, 0.2) is 18.2 Å². The number of benzene rings is 1. The zero-order valence-corrected chi connectivity index (χ0v) is 11.4. The predicted octanol–water partition coefficient (Wildman–Crippen LogP) is -4.23. The fraction of sp³-hybridized carbons (Fsp3) is 0.143. The fourth-order valence-electron chi connectivity index (χ4n) is 0.825. The van der Waals surface area contributed by atoms with Crippen molar-refractivity contribution in [3.05, 3.63) is 18.2 Å². The molecular weight excluding hydrogens is 266 g/mol. The van der Waals surface area contributed by atoms with E-state index in [4.69, 9.17) is 5.11 Å². The van der Waals surface area contributed by atoms with Gasteiger partial charge in [0, 0.05) is 0 Å². The average Bonchev–Trinajstić information content (AvgIpc) is 2.02.